The van der Waals surface area contributed by atoms with Crippen LogP contribution in [-0.2, 0) is 17.8 Å². The van der Waals surface area contributed by atoms with Gasteiger partial charge in [-0.1, -0.05) is 49.4 Å². The molecule has 1 fully saturated rings. The molecule has 0 aliphatic carbocycles. The second kappa shape index (κ2) is 12.5. The lowest BCUT2D eigenvalue weighted by Gasteiger charge is -2.27. The maximum atomic E-state index is 12.2. The van der Waals surface area contributed by atoms with E-state index in [-0.39, 0.29) is 18.3 Å². The topological polar surface area (TPSA) is 50.4 Å². The predicted molar refractivity (Wildman–Crippen MR) is 121 cm³/mol. The van der Waals surface area contributed by atoms with Crippen molar-refractivity contribution >= 4 is 18.3 Å². The molecule has 2 aromatic rings. The number of carbonyl (C=O) groups is 1. The fraction of sp³-hybridized carbons (Fsp3) is 0.458. The number of piperidine rings is 1. The molecular formula is C24H33ClN2O2. The van der Waals surface area contributed by atoms with Crippen molar-refractivity contribution in [1.82, 2.24) is 10.6 Å². The Morgan fingerprint density at radius 2 is 1.76 bits per heavy atom. The van der Waals surface area contributed by atoms with Gasteiger partial charge in [-0.3, -0.25) is 4.79 Å². The van der Waals surface area contributed by atoms with Crippen LogP contribution < -0.4 is 15.4 Å². The standard InChI is InChI=1S/C24H32N2O2.ClH/c1-19(22-12-14-25-15-13-22)17-24(27)26-16-11-20-7-9-23(10-8-20)28-18-21-5-3-2-4-6-21;/h2-10,19,22,25H,11-18H2,1H3,(H,26,27);1H. The lowest BCUT2D eigenvalue weighted by atomic mass is 9.84. The van der Waals surface area contributed by atoms with E-state index in [1.807, 2.05) is 30.3 Å². The molecular weight excluding hydrogens is 384 g/mol. The van der Waals surface area contributed by atoms with E-state index in [1.54, 1.807) is 0 Å². The molecule has 0 saturated carbocycles. The average molecular weight is 417 g/mol. The minimum absolute atomic E-state index is 0. The summed E-state index contributed by atoms with van der Waals surface area (Å²) in [5.41, 5.74) is 2.37. The molecule has 0 spiro atoms. The first-order chi connectivity index (χ1) is 13.7. The Balaban J connectivity index is 0.00000300. The van der Waals surface area contributed by atoms with Gasteiger partial charge in [-0.05, 0) is 67.4 Å². The first-order valence-electron chi connectivity index (χ1n) is 10.4. The van der Waals surface area contributed by atoms with Gasteiger partial charge in [0.1, 0.15) is 12.4 Å². The number of halogens is 1. The molecule has 0 aromatic heterocycles. The van der Waals surface area contributed by atoms with Crippen molar-refractivity contribution in [2.24, 2.45) is 11.8 Å². The highest BCUT2D eigenvalue weighted by molar-refractivity contribution is 5.85. The van der Waals surface area contributed by atoms with Gasteiger partial charge in [0.15, 0.2) is 0 Å². The zero-order valence-corrected chi connectivity index (χ0v) is 18.0. The van der Waals surface area contributed by atoms with Crippen LogP contribution in [0.25, 0.3) is 0 Å². The summed E-state index contributed by atoms with van der Waals surface area (Å²) in [6, 6.07) is 18.3. The van der Waals surface area contributed by atoms with E-state index in [9.17, 15) is 4.79 Å². The van der Waals surface area contributed by atoms with Crippen LogP contribution in [0.4, 0.5) is 0 Å². The molecule has 0 bridgehead atoms. The molecule has 1 amide bonds. The monoisotopic (exact) mass is 416 g/mol. The summed E-state index contributed by atoms with van der Waals surface area (Å²) in [7, 11) is 0. The Labute approximate surface area is 180 Å². The van der Waals surface area contributed by atoms with Crippen molar-refractivity contribution in [3.05, 3.63) is 65.7 Å². The average Bonchev–Trinajstić information content (AvgIpc) is 2.74. The van der Waals surface area contributed by atoms with E-state index >= 15 is 0 Å². The van der Waals surface area contributed by atoms with Gasteiger partial charge in [-0.2, -0.15) is 0 Å². The summed E-state index contributed by atoms with van der Waals surface area (Å²) in [4.78, 5) is 12.2. The second-order valence-electron chi connectivity index (χ2n) is 7.79. The maximum absolute atomic E-state index is 12.2. The smallest absolute Gasteiger partial charge is 0.220 e. The summed E-state index contributed by atoms with van der Waals surface area (Å²) < 4.78 is 5.82. The molecule has 1 aliphatic rings. The Kier molecular flexibility index (Phi) is 10.0. The molecule has 3 rings (SSSR count). The van der Waals surface area contributed by atoms with Crippen LogP contribution in [0.15, 0.2) is 54.6 Å². The van der Waals surface area contributed by atoms with Gasteiger partial charge in [0.05, 0.1) is 0 Å². The first kappa shape index (κ1) is 23.2. The number of hydrogen-bond acceptors (Lipinski definition) is 3. The van der Waals surface area contributed by atoms with Crippen LogP contribution in [0.1, 0.15) is 37.3 Å². The summed E-state index contributed by atoms with van der Waals surface area (Å²) in [6.45, 7) is 5.64. The fourth-order valence-electron chi connectivity index (χ4n) is 3.78. The number of amides is 1. The molecule has 1 aliphatic heterocycles. The summed E-state index contributed by atoms with van der Waals surface area (Å²) >= 11 is 0. The SMILES string of the molecule is CC(CC(=O)NCCc1ccc(OCc2ccccc2)cc1)C1CCNCC1.Cl. The highest BCUT2D eigenvalue weighted by atomic mass is 35.5. The van der Waals surface area contributed by atoms with Crippen LogP contribution in [0, 0.1) is 11.8 Å². The molecule has 5 heteroatoms. The van der Waals surface area contributed by atoms with E-state index in [4.69, 9.17) is 4.74 Å². The zero-order chi connectivity index (χ0) is 19.6. The Morgan fingerprint density at radius 1 is 1.07 bits per heavy atom. The molecule has 1 heterocycles. The number of hydrogen-bond donors (Lipinski definition) is 2. The Hall–Kier alpha value is -2.04. The van der Waals surface area contributed by atoms with E-state index in [0.717, 1.165) is 30.8 Å². The largest absolute Gasteiger partial charge is 0.489 e. The van der Waals surface area contributed by atoms with Crippen molar-refractivity contribution < 1.29 is 9.53 Å². The van der Waals surface area contributed by atoms with Gasteiger partial charge in [0.25, 0.3) is 0 Å². The summed E-state index contributed by atoms with van der Waals surface area (Å²) in [5, 5.41) is 6.46. The third-order valence-corrected chi connectivity index (χ3v) is 5.60. The molecule has 29 heavy (non-hydrogen) atoms. The number of rotatable bonds is 9. The molecule has 158 valence electrons. The molecule has 2 aromatic carbocycles. The van der Waals surface area contributed by atoms with Crippen LogP contribution in [0.2, 0.25) is 0 Å². The van der Waals surface area contributed by atoms with Crippen molar-refractivity contribution in [1.29, 1.82) is 0 Å². The summed E-state index contributed by atoms with van der Waals surface area (Å²) in [5.74, 6) is 2.18. The van der Waals surface area contributed by atoms with E-state index < -0.39 is 0 Å². The van der Waals surface area contributed by atoms with Gasteiger partial charge in [0.2, 0.25) is 5.91 Å². The maximum Gasteiger partial charge on any atom is 0.220 e. The van der Waals surface area contributed by atoms with Gasteiger partial charge in [-0.15, -0.1) is 12.4 Å². The predicted octanol–water partition coefficient (Wildman–Crippen LogP) is 4.37. The van der Waals surface area contributed by atoms with Crippen LogP contribution >= 0.6 is 12.4 Å². The highest BCUT2D eigenvalue weighted by Gasteiger charge is 2.21. The van der Waals surface area contributed by atoms with E-state index in [1.165, 1.54) is 18.4 Å². The van der Waals surface area contributed by atoms with Crippen molar-refractivity contribution in [2.75, 3.05) is 19.6 Å². The molecule has 1 unspecified atom stereocenters. The molecule has 2 N–H and O–H groups in total. The zero-order valence-electron chi connectivity index (χ0n) is 17.2. The van der Waals surface area contributed by atoms with Crippen LogP contribution in [0.3, 0.4) is 0 Å². The van der Waals surface area contributed by atoms with Gasteiger partial charge >= 0.3 is 0 Å². The number of benzene rings is 2. The third kappa shape index (κ3) is 8.08. The Morgan fingerprint density at radius 3 is 2.45 bits per heavy atom. The second-order valence-corrected chi connectivity index (χ2v) is 7.79. The van der Waals surface area contributed by atoms with E-state index in [0.29, 0.717) is 31.4 Å². The lowest BCUT2D eigenvalue weighted by Crippen LogP contribution is -2.34. The van der Waals surface area contributed by atoms with Gasteiger partial charge in [0, 0.05) is 13.0 Å². The molecule has 4 nitrogen and oxygen atoms in total. The quantitative estimate of drug-likeness (QED) is 0.638. The van der Waals surface area contributed by atoms with E-state index in [2.05, 4.69) is 41.8 Å². The Bertz CT molecular complexity index is 715. The minimum atomic E-state index is 0. The van der Waals surface area contributed by atoms with Gasteiger partial charge < -0.3 is 15.4 Å². The van der Waals surface area contributed by atoms with Crippen molar-refractivity contribution in [3.8, 4) is 5.75 Å². The number of nitrogens with one attached hydrogen (secondary N) is 2. The minimum Gasteiger partial charge on any atom is -0.489 e. The molecule has 0 radical (unpaired) electrons. The van der Waals surface area contributed by atoms with Crippen LogP contribution in [0.5, 0.6) is 5.75 Å². The molecule has 1 saturated heterocycles. The van der Waals surface area contributed by atoms with Crippen molar-refractivity contribution in [3.63, 3.8) is 0 Å². The number of ether oxygens (including phenoxy) is 1. The van der Waals surface area contributed by atoms with Crippen LogP contribution in [-0.4, -0.2) is 25.5 Å². The first-order valence-corrected chi connectivity index (χ1v) is 10.4. The summed E-state index contributed by atoms with van der Waals surface area (Å²) in [6.07, 6.45) is 3.85. The van der Waals surface area contributed by atoms with Crippen molar-refractivity contribution in [2.45, 2.75) is 39.2 Å². The fourth-order valence-corrected chi connectivity index (χ4v) is 3.78. The lowest BCUT2D eigenvalue weighted by molar-refractivity contribution is -0.122. The number of carbonyl (C=O) groups excluding carboxylic acids is 1. The normalized spacial score (nSPS) is 15.2. The highest BCUT2D eigenvalue weighted by Crippen LogP contribution is 2.24. The third-order valence-electron chi connectivity index (χ3n) is 5.60. The van der Waals surface area contributed by atoms with Gasteiger partial charge in [-0.25, -0.2) is 0 Å². The molecule has 1 atom stereocenters.